The third-order valence-corrected chi connectivity index (χ3v) is 5.78. The van der Waals surface area contributed by atoms with E-state index in [-0.39, 0.29) is 0 Å². The molecule has 4 rings (SSSR count). The molecule has 1 N–H and O–H groups in total. The van der Waals surface area contributed by atoms with E-state index in [1.165, 1.54) is 19.3 Å². The Kier molecular flexibility index (Phi) is 6.07. The summed E-state index contributed by atoms with van der Waals surface area (Å²) in [5.41, 5.74) is 1.92. The number of ether oxygens (including phenoxy) is 1. The second-order valence-electron chi connectivity index (χ2n) is 7.06. The molecule has 1 aliphatic rings. The van der Waals surface area contributed by atoms with E-state index in [2.05, 4.69) is 46.7 Å². The van der Waals surface area contributed by atoms with Gasteiger partial charge in [0.2, 0.25) is 0 Å². The van der Waals surface area contributed by atoms with Gasteiger partial charge in [-0.25, -0.2) is 9.97 Å². The first-order valence-corrected chi connectivity index (χ1v) is 10.5. The molecule has 7 nitrogen and oxygen atoms in total. The molecule has 28 heavy (non-hydrogen) atoms. The lowest BCUT2D eigenvalue weighted by atomic mass is 10.00. The molecule has 148 valence electrons. The van der Waals surface area contributed by atoms with Gasteiger partial charge < -0.3 is 15.0 Å². The zero-order chi connectivity index (χ0) is 19.3. The van der Waals surface area contributed by atoms with E-state index in [0.717, 1.165) is 47.0 Å². The summed E-state index contributed by atoms with van der Waals surface area (Å²) in [7, 11) is 1.76. The van der Waals surface area contributed by atoms with Crippen molar-refractivity contribution in [3.8, 4) is 0 Å². The molecule has 3 aromatic rings. The average molecular weight is 445 g/mol. The lowest BCUT2D eigenvalue weighted by Gasteiger charge is -2.36. The Morgan fingerprint density at radius 2 is 2.25 bits per heavy atom. The van der Waals surface area contributed by atoms with Crippen LogP contribution in [0.2, 0.25) is 0 Å². The molecule has 1 saturated heterocycles. The first-order chi connectivity index (χ1) is 13.8. The number of nitrogens with one attached hydrogen (secondary N) is 1. The van der Waals surface area contributed by atoms with Crippen molar-refractivity contribution in [3.05, 3.63) is 47.1 Å². The number of piperidine rings is 1. The van der Waals surface area contributed by atoms with Gasteiger partial charge in [0.1, 0.15) is 10.4 Å². The number of hydrogen-bond acceptors (Lipinski definition) is 6. The van der Waals surface area contributed by atoms with Gasteiger partial charge in [0.15, 0.2) is 11.5 Å². The van der Waals surface area contributed by atoms with Crippen molar-refractivity contribution in [2.24, 2.45) is 0 Å². The summed E-state index contributed by atoms with van der Waals surface area (Å²) < 4.78 is 8.30. The first-order valence-electron chi connectivity index (χ1n) is 9.68. The van der Waals surface area contributed by atoms with Crippen LogP contribution in [0.25, 0.3) is 5.65 Å². The van der Waals surface area contributed by atoms with Crippen molar-refractivity contribution in [3.63, 3.8) is 0 Å². The fraction of sp³-hybridized carbons (Fsp3) is 0.450. The number of imidazole rings is 1. The largest absolute Gasteiger partial charge is 0.385 e. The van der Waals surface area contributed by atoms with Crippen LogP contribution in [0.4, 0.5) is 11.6 Å². The van der Waals surface area contributed by atoms with Crippen LogP contribution in [0.5, 0.6) is 0 Å². The second-order valence-corrected chi connectivity index (χ2v) is 7.87. The van der Waals surface area contributed by atoms with E-state index in [1.54, 1.807) is 13.3 Å². The number of pyridine rings is 1. The molecule has 1 unspecified atom stereocenters. The fourth-order valence-corrected chi connectivity index (χ4v) is 4.12. The predicted octanol–water partition coefficient (Wildman–Crippen LogP) is 3.89. The molecular formula is C20H25BrN6O. The fourth-order valence-electron chi connectivity index (χ4n) is 3.75. The van der Waals surface area contributed by atoms with Gasteiger partial charge in [-0.3, -0.25) is 9.38 Å². The molecule has 0 bridgehead atoms. The van der Waals surface area contributed by atoms with Crippen LogP contribution >= 0.6 is 15.9 Å². The van der Waals surface area contributed by atoms with Gasteiger partial charge in [0.05, 0.1) is 12.4 Å². The van der Waals surface area contributed by atoms with E-state index in [0.29, 0.717) is 12.6 Å². The highest BCUT2D eigenvalue weighted by molar-refractivity contribution is 9.10. The SMILES string of the molecule is COCCC1CCCCN1c1cn2c(Br)cnc2c(NCc2cccnc2)n1. The Labute approximate surface area is 173 Å². The zero-order valence-electron chi connectivity index (χ0n) is 16.0. The van der Waals surface area contributed by atoms with Crippen LogP contribution in [-0.2, 0) is 11.3 Å². The van der Waals surface area contributed by atoms with Gasteiger partial charge >= 0.3 is 0 Å². The number of halogens is 1. The number of fused-ring (bicyclic) bond motifs is 1. The van der Waals surface area contributed by atoms with Crippen molar-refractivity contribution < 1.29 is 4.74 Å². The summed E-state index contributed by atoms with van der Waals surface area (Å²) in [4.78, 5) is 16.1. The van der Waals surface area contributed by atoms with E-state index in [1.807, 2.05) is 24.5 Å². The predicted molar refractivity (Wildman–Crippen MR) is 114 cm³/mol. The van der Waals surface area contributed by atoms with Crippen molar-refractivity contribution in [2.45, 2.75) is 38.3 Å². The van der Waals surface area contributed by atoms with Crippen molar-refractivity contribution >= 4 is 33.2 Å². The number of nitrogens with zero attached hydrogens (tertiary/aromatic N) is 5. The maximum Gasteiger partial charge on any atom is 0.181 e. The molecule has 1 fully saturated rings. The normalized spacial score (nSPS) is 17.2. The Morgan fingerprint density at radius 1 is 1.32 bits per heavy atom. The third-order valence-electron chi connectivity index (χ3n) is 5.19. The highest BCUT2D eigenvalue weighted by atomic mass is 79.9. The molecule has 4 heterocycles. The minimum absolute atomic E-state index is 0.451. The number of rotatable bonds is 7. The Morgan fingerprint density at radius 3 is 3.07 bits per heavy atom. The third kappa shape index (κ3) is 4.12. The quantitative estimate of drug-likeness (QED) is 0.595. The topological polar surface area (TPSA) is 67.6 Å². The van der Waals surface area contributed by atoms with E-state index in [4.69, 9.17) is 9.72 Å². The summed E-state index contributed by atoms with van der Waals surface area (Å²) in [6, 6.07) is 4.44. The maximum absolute atomic E-state index is 5.33. The molecule has 0 aromatic carbocycles. The first kappa shape index (κ1) is 19.1. The summed E-state index contributed by atoms with van der Waals surface area (Å²) >= 11 is 3.61. The standard InChI is InChI=1S/C20H25BrN6O/c1-28-10-7-16-6-2-3-9-26(16)18-14-27-17(21)13-24-20(27)19(25-18)23-12-15-5-4-8-22-11-15/h4-5,8,11,13-14,16H,2-3,6-7,9-10,12H2,1H3,(H,23,25). The summed E-state index contributed by atoms with van der Waals surface area (Å²) in [5, 5.41) is 3.45. The second kappa shape index (κ2) is 8.87. The zero-order valence-corrected chi connectivity index (χ0v) is 17.6. The molecule has 0 radical (unpaired) electrons. The van der Waals surface area contributed by atoms with Crippen LogP contribution in [0.1, 0.15) is 31.2 Å². The molecule has 0 aliphatic carbocycles. The van der Waals surface area contributed by atoms with Crippen LogP contribution in [0.15, 0.2) is 41.5 Å². The van der Waals surface area contributed by atoms with E-state index >= 15 is 0 Å². The molecule has 0 amide bonds. The molecule has 8 heteroatoms. The molecular weight excluding hydrogens is 420 g/mol. The van der Waals surface area contributed by atoms with Gasteiger partial charge in [-0.1, -0.05) is 6.07 Å². The minimum Gasteiger partial charge on any atom is -0.385 e. The lowest BCUT2D eigenvalue weighted by molar-refractivity contribution is 0.182. The average Bonchev–Trinajstić information content (AvgIpc) is 3.12. The Bertz CT molecular complexity index is 916. The van der Waals surface area contributed by atoms with Gasteiger partial charge in [0.25, 0.3) is 0 Å². The molecule has 0 spiro atoms. The monoisotopic (exact) mass is 444 g/mol. The van der Waals surface area contributed by atoms with Crippen molar-refractivity contribution in [2.75, 3.05) is 30.5 Å². The van der Waals surface area contributed by atoms with Gasteiger partial charge in [-0.15, -0.1) is 0 Å². The van der Waals surface area contributed by atoms with Crippen LogP contribution in [0, 0.1) is 0 Å². The summed E-state index contributed by atoms with van der Waals surface area (Å²) in [6.45, 7) is 2.43. The highest BCUT2D eigenvalue weighted by Gasteiger charge is 2.25. The van der Waals surface area contributed by atoms with E-state index in [9.17, 15) is 0 Å². The van der Waals surface area contributed by atoms with Crippen molar-refractivity contribution in [1.82, 2.24) is 19.4 Å². The van der Waals surface area contributed by atoms with Crippen LogP contribution in [-0.4, -0.2) is 45.7 Å². The number of aromatic nitrogens is 4. The Hall–Kier alpha value is -2.19. The maximum atomic E-state index is 5.33. The molecule has 0 saturated carbocycles. The summed E-state index contributed by atoms with van der Waals surface area (Å²) in [6.07, 6.45) is 12.2. The molecule has 1 aliphatic heterocycles. The Balaban J connectivity index is 1.65. The number of anilines is 2. The summed E-state index contributed by atoms with van der Waals surface area (Å²) in [5.74, 6) is 1.75. The molecule has 3 aromatic heterocycles. The van der Waals surface area contributed by atoms with Gasteiger partial charge in [-0.2, -0.15) is 0 Å². The number of hydrogen-bond donors (Lipinski definition) is 1. The van der Waals surface area contributed by atoms with E-state index < -0.39 is 0 Å². The van der Waals surface area contributed by atoms with Crippen LogP contribution < -0.4 is 10.2 Å². The van der Waals surface area contributed by atoms with Gasteiger partial charge in [0, 0.05) is 45.2 Å². The smallest absolute Gasteiger partial charge is 0.181 e. The van der Waals surface area contributed by atoms with Gasteiger partial charge in [-0.05, 0) is 53.2 Å². The lowest BCUT2D eigenvalue weighted by Crippen LogP contribution is -2.41. The number of methoxy groups -OCH3 is 1. The van der Waals surface area contributed by atoms with Crippen molar-refractivity contribution in [1.29, 1.82) is 0 Å². The van der Waals surface area contributed by atoms with Crippen LogP contribution in [0.3, 0.4) is 0 Å². The highest BCUT2D eigenvalue weighted by Crippen LogP contribution is 2.29. The molecule has 1 atom stereocenters. The minimum atomic E-state index is 0.451.